The number of benzene rings is 2. The molecule has 0 fully saturated rings. The highest BCUT2D eigenvalue weighted by Gasteiger charge is 2.26. The smallest absolute Gasteiger partial charge is 0.252 e. The van der Waals surface area contributed by atoms with Crippen LogP contribution in [-0.4, -0.2) is 22.7 Å². The van der Waals surface area contributed by atoms with Gasteiger partial charge in [0.05, 0.1) is 4.90 Å². The molecule has 0 saturated heterocycles. The van der Waals surface area contributed by atoms with Crippen molar-refractivity contribution >= 4 is 36.9 Å². The van der Waals surface area contributed by atoms with E-state index in [-0.39, 0.29) is 23.5 Å². The van der Waals surface area contributed by atoms with Crippen molar-refractivity contribution < 1.29 is 8.42 Å². The zero-order chi connectivity index (χ0) is 22.0. The zero-order valence-electron chi connectivity index (χ0n) is 16.7. The van der Waals surface area contributed by atoms with Crippen LogP contribution in [0.2, 0.25) is 0 Å². The molecule has 31 heavy (non-hydrogen) atoms. The van der Waals surface area contributed by atoms with Gasteiger partial charge < -0.3 is 4.98 Å². The summed E-state index contributed by atoms with van der Waals surface area (Å²) in [6, 6.07) is 17.5. The third-order valence-corrected chi connectivity index (χ3v) is 7.29. The molecule has 2 heterocycles. The molecule has 158 valence electrons. The monoisotopic (exact) mass is 497 g/mol. The highest BCUT2D eigenvalue weighted by molar-refractivity contribution is 9.10. The highest BCUT2D eigenvalue weighted by atomic mass is 79.9. The summed E-state index contributed by atoms with van der Waals surface area (Å²) in [5, 5.41) is 0.858. The summed E-state index contributed by atoms with van der Waals surface area (Å²) in [5.74, 6) is 0. The molecule has 6 nitrogen and oxygen atoms in total. The first-order valence-corrected chi connectivity index (χ1v) is 11.8. The second kappa shape index (κ2) is 8.74. The largest absolute Gasteiger partial charge is 0.322 e. The lowest BCUT2D eigenvalue weighted by Gasteiger charge is -2.22. The van der Waals surface area contributed by atoms with Crippen LogP contribution in [0.15, 0.2) is 87.2 Å². The molecule has 0 bridgehead atoms. The summed E-state index contributed by atoms with van der Waals surface area (Å²) in [7, 11) is -3.86. The molecule has 1 N–H and O–H groups in total. The molecule has 2 aromatic heterocycles. The number of aryl methyl sites for hydroxylation is 1. The van der Waals surface area contributed by atoms with E-state index in [0.29, 0.717) is 11.1 Å². The number of rotatable bonds is 6. The summed E-state index contributed by atoms with van der Waals surface area (Å²) < 4.78 is 29.0. The van der Waals surface area contributed by atoms with Crippen molar-refractivity contribution in [2.45, 2.75) is 24.9 Å². The summed E-state index contributed by atoms with van der Waals surface area (Å²) in [6.07, 6.45) is 3.26. The number of fused-ring (bicyclic) bond motifs is 1. The van der Waals surface area contributed by atoms with Gasteiger partial charge in [-0.2, -0.15) is 4.31 Å². The van der Waals surface area contributed by atoms with Crippen molar-refractivity contribution in [2.24, 2.45) is 0 Å². The van der Waals surface area contributed by atoms with Crippen molar-refractivity contribution in [1.82, 2.24) is 14.3 Å². The van der Waals surface area contributed by atoms with Crippen LogP contribution in [0.3, 0.4) is 0 Å². The average Bonchev–Trinajstić information content (AvgIpc) is 2.75. The van der Waals surface area contributed by atoms with Crippen LogP contribution in [0, 0.1) is 6.92 Å². The Balaban J connectivity index is 1.77. The number of H-pyrrole nitrogens is 1. The Labute approximate surface area is 188 Å². The average molecular weight is 498 g/mol. The number of halogens is 1. The molecule has 0 unspecified atom stereocenters. The molecule has 0 radical (unpaired) electrons. The Hall–Kier alpha value is -2.81. The maximum Gasteiger partial charge on any atom is 0.252 e. The van der Waals surface area contributed by atoms with Crippen LogP contribution >= 0.6 is 15.9 Å². The molecule has 0 atom stereocenters. The number of hydrogen-bond donors (Lipinski definition) is 1. The minimum absolute atomic E-state index is 0.0630. The Morgan fingerprint density at radius 3 is 2.52 bits per heavy atom. The molecular weight excluding hydrogens is 478 g/mol. The number of aromatic amines is 1. The van der Waals surface area contributed by atoms with E-state index in [2.05, 4.69) is 25.9 Å². The van der Waals surface area contributed by atoms with E-state index in [9.17, 15) is 13.2 Å². The lowest BCUT2D eigenvalue weighted by molar-refractivity contribution is 0.399. The summed E-state index contributed by atoms with van der Waals surface area (Å²) in [4.78, 5) is 19.8. The molecule has 0 spiro atoms. The number of sulfonamides is 1. The molecule has 0 aliphatic heterocycles. The van der Waals surface area contributed by atoms with Crippen molar-refractivity contribution in [3.05, 3.63) is 105 Å². The Bertz CT molecular complexity index is 1390. The van der Waals surface area contributed by atoms with Crippen LogP contribution in [-0.2, 0) is 23.1 Å². The quantitative estimate of drug-likeness (QED) is 0.428. The first-order chi connectivity index (χ1) is 14.8. The van der Waals surface area contributed by atoms with E-state index in [1.54, 1.807) is 48.8 Å². The highest BCUT2D eigenvalue weighted by Crippen LogP contribution is 2.23. The lowest BCUT2D eigenvalue weighted by Crippen LogP contribution is -2.32. The van der Waals surface area contributed by atoms with E-state index in [1.165, 1.54) is 4.31 Å². The number of nitrogens with zero attached hydrogens (tertiary/aromatic N) is 2. The standard InChI is InChI=1S/C23H20BrN3O3S/c1-16-4-9-22-18(11-16)12-19(23(28)26-22)15-27(14-17-3-2-10-25-13-17)31(29,30)21-7-5-20(24)6-8-21/h2-13H,14-15H2,1H3,(H,26,28). The molecule has 0 aliphatic rings. The van der Waals surface area contributed by atoms with Gasteiger partial charge >= 0.3 is 0 Å². The molecule has 8 heteroatoms. The fourth-order valence-electron chi connectivity index (χ4n) is 3.36. The SMILES string of the molecule is Cc1ccc2[nH]c(=O)c(CN(Cc3cccnc3)S(=O)(=O)c3ccc(Br)cc3)cc2c1. The molecule has 4 aromatic rings. The van der Waals surface area contributed by atoms with Crippen LogP contribution in [0.5, 0.6) is 0 Å². The predicted octanol–water partition coefficient (Wildman–Crippen LogP) is 4.39. The Morgan fingerprint density at radius 1 is 1.03 bits per heavy atom. The Kier molecular flexibility index (Phi) is 6.04. The molecule has 4 rings (SSSR count). The van der Waals surface area contributed by atoms with Crippen molar-refractivity contribution in [1.29, 1.82) is 0 Å². The van der Waals surface area contributed by atoms with Crippen LogP contribution in [0.1, 0.15) is 16.7 Å². The van der Waals surface area contributed by atoms with Gasteiger partial charge in [-0.25, -0.2) is 8.42 Å². The fourth-order valence-corrected chi connectivity index (χ4v) is 5.03. The minimum atomic E-state index is -3.86. The lowest BCUT2D eigenvalue weighted by atomic mass is 10.1. The van der Waals surface area contributed by atoms with Crippen molar-refractivity contribution in [3.8, 4) is 0 Å². The van der Waals surface area contributed by atoms with Gasteiger partial charge in [-0.3, -0.25) is 9.78 Å². The van der Waals surface area contributed by atoms with Crippen LogP contribution in [0.4, 0.5) is 0 Å². The normalized spacial score (nSPS) is 11.8. The topological polar surface area (TPSA) is 83.1 Å². The van der Waals surface area contributed by atoms with E-state index in [1.807, 2.05) is 31.2 Å². The van der Waals surface area contributed by atoms with E-state index in [4.69, 9.17) is 0 Å². The fraction of sp³-hybridized carbons (Fsp3) is 0.130. The molecule has 0 amide bonds. The second-order valence-electron chi connectivity index (χ2n) is 7.30. The van der Waals surface area contributed by atoms with Crippen LogP contribution in [0.25, 0.3) is 10.9 Å². The Morgan fingerprint density at radius 2 is 1.81 bits per heavy atom. The van der Waals surface area contributed by atoms with Gasteiger partial charge in [-0.05, 0) is 66.4 Å². The maximum absolute atomic E-state index is 13.5. The molecule has 2 aromatic carbocycles. The number of hydrogen-bond acceptors (Lipinski definition) is 4. The van der Waals surface area contributed by atoms with Gasteiger partial charge in [-0.15, -0.1) is 0 Å². The van der Waals surface area contributed by atoms with Gasteiger partial charge in [0.2, 0.25) is 10.0 Å². The number of aromatic nitrogens is 2. The molecular formula is C23H20BrN3O3S. The van der Waals surface area contributed by atoms with E-state index >= 15 is 0 Å². The third-order valence-electron chi connectivity index (χ3n) is 4.96. The molecule has 0 saturated carbocycles. The first kappa shape index (κ1) is 21.4. The summed E-state index contributed by atoms with van der Waals surface area (Å²) >= 11 is 3.33. The van der Waals surface area contributed by atoms with Gasteiger partial charge in [0.25, 0.3) is 5.56 Å². The van der Waals surface area contributed by atoms with E-state index < -0.39 is 10.0 Å². The third kappa shape index (κ3) is 4.76. The first-order valence-electron chi connectivity index (χ1n) is 9.60. The maximum atomic E-state index is 13.5. The van der Waals surface area contributed by atoms with Gasteiger partial charge in [0.15, 0.2) is 0 Å². The zero-order valence-corrected chi connectivity index (χ0v) is 19.2. The van der Waals surface area contributed by atoms with Gasteiger partial charge in [-0.1, -0.05) is 33.6 Å². The van der Waals surface area contributed by atoms with Crippen molar-refractivity contribution in [2.75, 3.05) is 0 Å². The minimum Gasteiger partial charge on any atom is -0.322 e. The predicted molar refractivity (Wildman–Crippen MR) is 124 cm³/mol. The number of pyridine rings is 2. The van der Waals surface area contributed by atoms with Gasteiger partial charge in [0.1, 0.15) is 0 Å². The molecule has 0 aliphatic carbocycles. The van der Waals surface area contributed by atoms with Crippen LogP contribution < -0.4 is 5.56 Å². The second-order valence-corrected chi connectivity index (χ2v) is 10.2. The summed E-state index contributed by atoms with van der Waals surface area (Å²) in [5.41, 5.74) is 2.58. The summed E-state index contributed by atoms with van der Waals surface area (Å²) in [6.45, 7) is 2.00. The van der Waals surface area contributed by atoms with Crippen molar-refractivity contribution in [3.63, 3.8) is 0 Å². The van der Waals surface area contributed by atoms with Gasteiger partial charge in [0, 0.05) is 41.0 Å². The number of nitrogens with one attached hydrogen (secondary N) is 1. The van der Waals surface area contributed by atoms with E-state index in [0.717, 1.165) is 21.0 Å².